The van der Waals surface area contributed by atoms with Crippen molar-refractivity contribution < 1.29 is 9.90 Å². The number of benzene rings is 2. The Labute approximate surface area is 182 Å². The number of carbonyl (C=O) groups is 1. The van der Waals surface area contributed by atoms with Crippen molar-refractivity contribution in [2.75, 3.05) is 0 Å². The first kappa shape index (κ1) is 20.8. The highest BCUT2D eigenvalue weighted by atomic mass is 16.3. The zero-order valence-electron chi connectivity index (χ0n) is 17.6. The molecule has 6 nitrogen and oxygen atoms in total. The van der Waals surface area contributed by atoms with Crippen LogP contribution in [0.3, 0.4) is 0 Å². The molecule has 6 heteroatoms. The number of aryl methyl sites for hydroxylation is 1. The molecule has 3 aromatic rings. The fourth-order valence-electron chi connectivity index (χ4n) is 3.89. The van der Waals surface area contributed by atoms with Gasteiger partial charge in [-0.05, 0) is 74.4 Å². The van der Waals surface area contributed by atoms with Gasteiger partial charge in [0.2, 0.25) is 5.82 Å². The van der Waals surface area contributed by atoms with Crippen molar-refractivity contribution in [1.29, 1.82) is 0 Å². The summed E-state index contributed by atoms with van der Waals surface area (Å²) >= 11 is 0. The Balaban J connectivity index is 1.42. The van der Waals surface area contributed by atoms with Crippen LogP contribution in [0, 0.1) is 18.8 Å². The number of aliphatic hydroxyl groups is 1. The average Bonchev–Trinajstić information content (AvgIpc) is 3.16. The first-order valence-electron chi connectivity index (χ1n) is 10.6. The molecule has 0 bridgehead atoms. The van der Waals surface area contributed by atoms with Crippen molar-refractivity contribution in [2.45, 2.75) is 51.0 Å². The molecule has 0 saturated heterocycles. The molecule has 0 unspecified atom stereocenters. The van der Waals surface area contributed by atoms with Crippen molar-refractivity contribution in [3.8, 4) is 17.5 Å². The molecular formula is C25H26N4O2. The summed E-state index contributed by atoms with van der Waals surface area (Å²) in [5.41, 5.74) is 8.53. The van der Waals surface area contributed by atoms with Crippen LogP contribution in [0.4, 0.5) is 0 Å². The van der Waals surface area contributed by atoms with E-state index < -0.39 is 11.5 Å². The molecule has 2 aromatic carbocycles. The molecule has 0 atom stereocenters. The minimum Gasteiger partial charge on any atom is -0.378 e. The van der Waals surface area contributed by atoms with E-state index in [4.69, 9.17) is 5.73 Å². The Morgan fingerprint density at radius 2 is 1.68 bits per heavy atom. The van der Waals surface area contributed by atoms with E-state index in [0.717, 1.165) is 48.9 Å². The summed E-state index contributed by atoms with van der Waals surface area (Å²) in [7, 11) is 0. The molecule has 0 spiro atoms. The molecule has 1 saturated carbocycles. The fraction of sp³-hybridized carbons (Fsp3) is 0.320. The van der Waals surface area contributed by atoms with Gasteiger partial charge in [-0.3, -0.25) is 4.79 Å². The van der Waals surface area contributed by atoms with Crippen LogP contribution >= 0.6 is 0 Å². The first-order valence-corrected chi connectivity index (χ1v) is 10.6. The van der Waals surface area contributed by atoms with Crippen LogP contribution in [0.1, 0.15) is 65.2 Å². The van der Waals surface area contributed by atoms with Crippen LogP contribution in [-0.2, 0) is 6.42 Å². The maximum Gasteiger partial charge on any atom is 0.288 e. The number of hydrogen-bond donors (Lipinski definition) is 2. The zero-order chi connectivity index (χ0) is 21.8. The molecular weight excluding hydrogens is 388 g/mol. The Hall–Kier alpha value is -3.43. The van der Waals surface area contributed by atoms with E-state index in [9.17, 15) is 9.90 Å². The van der Waals surface area contributed by atoms with Gasteiger partial charge in [0.15, 0.2) is 0 Å². The summed E-state index contributed by atoms with van der Waals surface area (Å²) < 4.78 is 1.61. The predicted molar refractivity (Wildman–Crippen MR) is 119 cm³/mol. The van der Waals surface area contributed by atoms with E-state index >= 15 is 0 Å². The topological polar surface area (TPSA) is 94.0 Å². The van der Waals surface area contributed by atoms with E-state index in [-0.39, 0.29) is 5.82 Å². The van der Waals surface area contributed by atoms with Crippen molar-refractivity contribution in [3.63, 3.8) is 0 Å². The maximum atomic E-state index is 11.3. The molecule has 1 aromatic heterocycles. The number of rotatable bonds is 4. The second kappa shape index (κ2) is 8.75. The van der Waals surface area contributed by atoms with E-state index in [1.165, 1.54) is 12.0 Å². The summed E-state index contributed by atoms with van der Waals surface area (Å²) in [6, 6.07) is 16.1. The van der Waals surface area contributed by atoms with E-state index in [1.807, 2.05) is 36.4 Å². The summed E-state index contributed by atoms with van der Waals surface area (Å²) in [6.45, 7) is 1.78. The third-order valence-corrected chi connectivity index (χ3v) is 5.65. The largest absolute Gasteiger partial charge is 0.378 e. The highest BCUT2D eigenvalue weighted by Crippen LogP contribution is 2.27. The lowest BCUT2D eigenvalue weighted by Crippen LogP contribution is -2.29. The van der Waals surface area contributed by atoms with Gasteiger partial charge in [0.05, 0.1) is 5.69 Å². The Bertz CT molecular complexity index is 1130. The normalized spacial score (nSPS) is 15.2. The average molecular weight is 415 g/mol. The highest BCUT2D eigenvalue weighted by molar-refractivity contribution is 5.88. The zero-order valence-corrected chi connectivity index (χ0v) is 17.6. The SMILES string of the molecule is Cc1nc(C(N)=O)nn1-c1ccc(Cc2ccc(C#CC3(O)CCCCC3)cc2)cc1. The number of hydrogen-bond acceptors (Lipinski definition) is 4. The summed E-state index contributed by atoms with van der Waals surface area (Å²) in [6.07, 6.45) is 5.61. The van der Waals surface area contributed by atoms with Crippen LogP contribution in [-0.4, -0.2) is 31.4 Å². The minimum atomic E-state index is -0.820. The lowest BCUT2D eigenvalue weighted by Gasteiger charge is -2.26. The van der Waals surface area contributed by atoms with Crippen molar-refractivity contribution >= 4 is 5.91 Å². The quantitative estimate of drug-likeness (QED) is 0.641. The second-order valence-electron chi connectivity index (χ2n) is 8.14. The standard InChI is InChI=1S/C25H26N4O2/c1-18-27-24(23(26)30)28-29(18)22-11-9-21(10-12-22)17-20-7-5-19(6-8-20)13-16-25(31)14-3-2-4-15-25/h5-12,31H,2-4,14-15,17H2,1H3,(H2,26,30). The van der Waals surface area contributed by atoms with Gasteiger partial charge < -0.3 is 10.8 Å². The molecule has 1 heterocycles. The Morgan fingerprint density at radius 1 is 1.06 bits per heavy atom. The van der Waals surface area contributed by atoms with Gasteiger partial charge in [-0.15, -0.1) is 5.10 Å². The van der Waals surface area contributed by atoms with Crippen LogP contribution in [0.15, 0.2) is 48.5 Å². The predicted octanol–water partition coefficient (Wildman–Crippen LogP) is 3.31. The molecule has 0 aliphatic heterocycles. The Kier molecular flexibility index (Phi) is 5.88. The number of aromatic nitrogens is 3. The van der Waals surface area contributed by atoms with Crippen LogP contribution in [0.2, 0.25) is 0 Å². The van der Waals surface area contributed by atoms with Gasteiger partial charge in [-0.25, -0.2) is 9.67 Å². The van der Waals surface area contributed by atoms with Gasteiger partial charge in [0.25, 0.3) is 5.91 Å². The van der Waals surface area contributed by atoms with E-state index in [0.29, 0.717) is 5.82 Å². The van der Waals surface area contributed by atoms with Gasteiger partial charge in [-0.1, -0.05) is 42.5 Å². The van der Waals surface area contributed by atoms with E-state index in [1.54, 1.807) is 11.6 Å². The highest BCUT2D eigenvalue weighted by Gasteiger charge is 2.26. The van der Waals surface area contributed by atoms with Gasteiger partial charge in [0, 0.05) is 5.56 Å². The van der Waals surface area contributed by atoms with Crippen molar-refractivity contribution in [1.82, 2.24) is 14.8 Å². The second-order valence-corrected chi connectivity index (χ2v) is 8.14. The molecule has 158 valence electrons. The molecule has 1 fully saturated rings. The molecule has 0 radical (unpaired) electrons. The number of primary amides is 1. The fourth-order valence-corrected chi connectivity index (χ4v) is 3.89. The summed E-state index contributed by atoms with van der Waals surface area (Å²) in [5.74, 6) is 6.20. The molecule has 1 aliphatic carbocycles. The van der Waals surface area contributed by atoms with Gasteiger partial charge >= 0.3 is 0 Å². The number of nitrogens with two attached hydrogens (primary N) is 1. The number of amides is 1. The van der Waals surface area contributed by atoms with Gasteiger partial charge in [0.1, 0.15) is 11.4 Å². The van der Waals surface area contributed by atoms with Gasteiger partial charge in [-0.2, -0.15) is 0 Å². The molecule has 1 aliphatic rings. The van der Waals surface area contributed by atoms with Crippen LogP contribution < -0.4 is 5.73 Å². The monoisotopic (exact) mass is 414 g/mol. The number of nitrogens with zero attached hydrogens (tertiary/aromatic N) is 3. The molecule has 4 rings (SSSR count). The number of carbonyl (C=O) groups excluding carboxylic acids is 1. The third kappa shape index (κ3) is 5.01. The first-order chi connectivity index (χ1) is 14.9. The molecule has 3 N–H and O–H groups in total. The van der Waals surface area contributed by atoms with E-state index in [2.05, 4.69) is 34.1 Å². The lowest BCUT2D eigenvalue weighted by atomic mass is 9.85. The molecule has 1 amide bonds. The molecule has 31 heavy (non-hydrogen) atoms. The third-order valence-electron chi connectivity index (χ3n) is 5.65. The lowest BCUT2D eigenvalue weighted by molar-refractivity contribution is 0.0610. The smallest absolute Gasteiger partial charge is 0.288 e. The maximum absolute atomic E-state index is 11.3. The summed E-state index contributed by atoms with van der Waals surface area (Å²) in [4.78, 5) is 15.4. The van der Waals surface area contributed by atoms with Crippen LogP contribution in [0.25, 0.3) is 5.69 Å². The van der Waals surface area contributed by atoms with Crippen molar-refractivity contribution in [3.05, 3.63) is 76.9 Å². The Morgan fingerprint density at radius 3 is 2.26 bits per heavy atom. The minimum absolute atomic E-state index is 0.0142. The van der Waals surface area contributed by atoms with Crippen molar-refractivity contribution in [2.24, 2.45) is 5.73 Å². The summed E-state index contributed by atoms with van der Waals surface area (Å²) in [5, 5.41) is 14.7. The van der Waals surface area contributed by atoms with Crippen LogP contribution in [0.5, 0.6) is 0 Å².